The van der Waals surface area contributed by atoms with Crippen LogP contribution in [0.15, 0.2) is 0 Å². The molecule has 1 amide bonds. The zero-order valence-electron chi connectivity index (χ0n) is 13.9. The fourth-order valence-electron chi connectivity index (χ4n) is 4.18. The van der Waals surface area contributed by atoms with Gasteiger partial charge in [0.25, 0.3) is 0 Å². The molecule has 0 saturated carbocycles. The number of ether oxygens (including phenoxy) is 2. The standard InChI is InChI=1S/C17H30N2O3/c1-12-10-19(11-13(2)21-12)8-4-3-7-18-17(20)15-9-14-5-6-16(15)22-14/h12-16H,3-11H2,1-2H3,(H,18,20)/t12-,13+,14-,15-,16-/m1/s1. The van der Waals surface area contributed by atoms with Crippen molar-refractivity contribution in [2.45, 2.75) is 70.4 Å². The van der Waals surface area contributed by atoms with Crippen LogP contribution in [-0.4, -0.2) is 61.4 Å². The van der Waals surface area contributed by atoms with Crippen LogP contribution in [0.4, 0.5) is 0 Å². The highest BCUT2D eigenvalue weighted by Gasteiger charge is 2.44. The Bertz CT molecular complexity index is 380. The lowest BCUT2D eigenvalue weighted by Gasteiger charge is -2.35. The summed E-state index contributed by atoms with van der Waals surface area (Å²) in [5.74, 6) is 0.320. The minimum absolute atomic E-state index is 0.111. The average Bonchev–Trinajstić information content (AvgIpc) is 3.08. The van der Waals surface area contributed by atoms with E-state index in [0.717, 1.165) is 58.3 Å². The zero-order chi connectivity index (χ0) is 15.5. The van der Waals surface area contributed by atoms with Gasteiger partial charge in [0.1, 0.15) is 0 Å². The molecule has 0 aromatic carbocycles. The molecule has 0 spiro atoms. The monoisotopic (exact) mass is 310 g/mol. The van der Waals surface area contributed by atoms with E-state index in [1.54, 1.807) is 0 Å². The van der Waals surface area contributed by atoms with Gasteiger partial charge < -0.3 is 14.8 Å². The number of amides is 1. The summed E-state index contributed by atoms with van der Waals surface area (Å²) in [5, 5.41) is 3.10. The Morgan fingerprint density at radius 1 is 1.14 bits per heavy atom. The maximum absolute atomic E-state index is 12.2. The SMILES string of the molecule is C[C@@H]1CN(CCCCNC(=O)[C@@H]2C[C@H]3CC[C@H]2O3)C[C@H](C)O1. The fraction of sp³-hybridized carbons (Fsp3) is 0.941. The molecule has 126 valence electrons. The molecule has 3 heterocycles. The van der Waals surface area contributed by atoms with Gasteiger partial charge in [-0.05, 0) is 52.5 Å². The predicted molar refractivity (Wildman–Crippen MR) is 84.7 cm³/mol. The molecule has 5 nitrogen and oxygen atoms in total. The molecule has 1 N–H and O–H groups in total. The summed E-state index contributed by atoms with van der Waals surface area (Å²) in [6, 6.07) is 0. The van der Waals surface area contributed by atoms with Crippen molar-refractivity contribution < 1.29 is 14.3 Å². The molecule has 5 heteroatoms. The number of unbranched alkanes of at least 4 members (excludes halogenated alkanes) is 1. The molecule has 3 rings (SSSR count). The Morgan fingerprint density at radius 3 is 2.55 bits per heavy atom. The Hall–Kier alpha value is -0.650. The van der Waals surface area contributed by atoms with Crippen molar-refractivity contribution in [1.29, 1.82) is 0 Å². The molecule has 0 aromatic rings. The summed E-state index contributed by atoms with van der Waals surface area (Å²) in [7, 11) is 0. The predicted octanol–water partition coefficient (Wildman–Crippen LogP) is 1.56. The molecular weight excluding hydrogens is 280 g/mol. The number of morpholine rings is 1. The summed E-state index contributed by atoms with van der Waals surface area (Å²) < 4.78 is 11.5. The maximum atomic E-state index is 12.2. The summed E-state index contributed by atoms with van der Waals surface area (Å²) in [6.07, 6.45) is 6.54. The van der Waals surface area contributed by atoms with E-state index in [1.165, 1.54) is 0 Å². The zero-order valence-corrected chi connectivity index (χ0v) is 13.9. The minimum atomic E-state index is 0.111. The lowest BCUT2D eigenvalue weighted by Crippen LogP contribution is -2.45. The average molecular weight is 310 g/mol. The van der Waals surface area contributed by atoms with Gasteiger partial charge in [-0.1, -0.05) is 0 Å². The van der Waals surface area contributed by atoms with E-state index in [2.05, 4.69) is 24.1 Å². The van der Waals surface area contributed by atoms with Crippen molar-refractivity contribution in [2.24, 2.45) is 5.92 Å². The molecular formula is C17H30N2O3. The van der Waals surface area contributed by atoms with Crippen LogP contribution in [0.25, 0.3) is 0 Å². The number of carbonyl (C=O) groups excluding carboxylic acids is 1. The van der Waals surface area contributed by atoms with Crippen LogP contribution in [0, 0.1) is 5.92 Å². The van der Waals surface area contributed by atoms with Gasteiger partial charge in [0.2, 0.25) is 5.91 Å². The van der Waals surface area contributed by atoms with Crippen molar-refractivity contribution >= 4 is 5.91 Å². The van der Waals surface area contributed by atoms with Crippen LogP contribution in [0.2, 0.25) is 0 Å². The second kappa shape index (κ2) is 7.28. The third-order valence-electron chi connectivity index (χ3n) is 5.14. The van der Waals surface area contributed by atoms with Gasteiger partial charge in [-0.2, -0.15) is 0 Å². The first kappa shape index (κ1) is 16.2. The maximum Gasteiger partial charge on any atom is 0.225 e. The van der Waals surface area contributed by atoms with Crippen LogP contribution < -0.4 is 5.32 Å². The first-order valence-corrected chi connectivity index (χ1v) is 8.93. The van der Waals surface area contributed by atoms with Crippen LogP contribution in [0.1, 0.15) is 46.0 Å². The minimum Gasteiger partial charge on any atom is -0.374 e. The van der Waals surface area contributed by atoms with Crippen molar-refractivity contribution in [3.05, 3.63) is 0 Å². The second-order valence-corrected chi connectivity index (χ2v) is 7.23. The Kier molecular flexibility index (Phi) is 5.37. The van der Waals surface area contributed by atoms with E-state index < -0.39 is 0 Å². The molecule has 3 fully saturated rings. The van der Waals surface area contributed by atoms with Crippen LogP contribution in [0.3, 0.4) is 0 Å². The Labute approximate surface area is 133 Å². The van der Waals surface area contributed by atoms with Crippen LogP contribution in [-0.2, 0) is 14.3 Å². The number of fused-ring (bicyclic) bond motifs is 2. The molecule has 0 unspecified atom stereocenters. The number of nitrogens with zero attached hydrogens (tertiary/aromatic N) is 1. The fourth-order valence-corrected chi connectivity index (χ4v) is 4.18. The number of hydrogen-bond acceptors (Lipinski definition) is 4. The number of carbonyl (C=O) groups is 1. The summed E-state index contributed by atoms with van der Waals surface area (Å²) in [5.41, 5.74) is 0. The first-order valence-electron chi connectivity index (χ1n) is 8.93. The highest BCUT2D eigenvalue weighted by Crippen LogP contribution is 2.38. The molecule has 0 aliphatic carbocycles. The van der Waals surface area contributed by atoms with E-state index in [0.29, 0.717) is 18.3 Å². The quantitative estimate of drug-likeness (QED) is 0.757. The van der Waals surface area contributed by atoms with Crippen LogP contribution >= 0.6 is 0 Å². The van der Waals surface area contributed by atoms with Crippen LogP contribution in [0.5, 0.6) is 0 Å². The van der Waals surface area contributed by atoms with E-state index in [4.69, 9.17) is 9.47 Å². The highest BCUT2D eigenvalue weighted by molar-refractivity contribution is 5.79. The van der Waals surface area contributed by atoms with Gasteiger partial charge >= 0.3 is 0 Å². The highest BCUT2D eigenvalue weighted by atomic mass is 16.5. The number of rotatable bonds is 6. The second-order valence-electron chi connectivity index (χ2n) is 7.23. The van der Waals surface area contributed by atoms with E-state index in [9.17, 15) is 4.79 Å². The van der Waals surface area contributed by atoms with Gasteiger partial charge in [-0.25, -0.2) is 0 Å². The van der Waals surface area contributed by atoms with Crippen molar-refractivity contribution in [3.8, 4) is 0 Å². The largest absolute Gasteiger partial charge is 0.374 e. The molecule has 5 atom stereocenters. The third-order valence-corrected chi connectivity index (χ3v) is 5.14. The third kappa shape index (κ3) is 4.00. The summed E-state index contributed by atoms with van der Waals surface area (Å²) in [6.45, 7) is 8.23. The summed E-state index contributed by atoms with van der Waals surface area (Å²) >= 11 is 0. The summed E-state index contributed by atoms with van der Waals surface area (Å²) in [4.78, 5) is 14.6. The van der Waals surface area contributed by atoms with E-state index >= 15 is 0 Å². The lowest BCUT2D eigenvalue weighted by atomic mass is 9.88. The van der Waals surface area contributed by atoms with Crippen molar-refractivity contribution in [2.75, 3.05) is 26.2 Å². The van der Waals surface area contributed by atoms with Gasteiger partial charge in [0.05, 0.1) is 30.3 Å². The smallest absolute Gasteiger partial charge is 0.225 e. The molecule has 3 saturated heterocycles. The normalized spacial score (nSPS) is 38.4. The molecule has 2 bridgehead atoms. The van der Waals surface area contributed by atoms with Gasteiger partial charge in [-0.15, -0.1) is 0 Å². The molecule has 3 aliphatic heterocycles. The van der Waals surface area contributed by atoms with Gasteiger partial charge in [0.15, 0.2) is 0 Å². The van der Waals surface area contributed by atoms with Crippen molar-refractivity contribution in [3.63, 3.8) is 0 Å². The van der Waals surface area contributed by atoms with E-state index in [-0.39, 0.29) is 17.9 Å². The first-order chi connectivity index (χ1) is 10.6. The van der Waals surface area contributed by atoms with E-state index in [1.807, 2.05) is 0 Å². The Morgan fingerprint density at radius 2 is 1.91 bits per heavy atom. The lowest BCUT2D eigenvalue weighted by molar-refractivity contribution is -0.126. The van der Waals surface area contributed by atoms with Gasteiger partial charge in [-0.3, -0.25) is 9.69 Å². The number of hydrogen-bond donors (Lipinski definition) is 1. The Balaban J connectivity index is 1.27. The molecule has 22 heavy (non-hydrogen) atoms. The molecule has 0 radical (unpaired) electrons. The van der Waals surface area contributed by atoms with Gasteiger partial charge in [0, 0.05) is 19.6 Å². The topological polar surface area (TPSA) is 50.8 Å². The molecule has 0 aromatic heterocycles. The molecule has 3 aliphatic rings. The van der Waals surface area contributed by atoms with Crippen molar-refractivity contribution in [1.82, 2.24) is 10.2 Å². The number of nitrogens with one attached hydrogen (secondary N) is 1.